The number of nitrogens with one attached hydrogen (secondary N) is 1. The summed E-state index contributed by atoms with van der Waals surface area (Å²) >= 11 is 1.74. The lowest BCUT2D eigenvalue weighted by atomic mass is 9.88. The van der Waals surface area contributed by atoms with Crippen molar-refractivity contribution in [1.29, 1.82) is 0 Å². The highest BCUT2D eigenvalue weighted by atomic mass is 32.1. The summed E-state index contributed by atoms with van der Waals surface area (Å²) in [4.78, 5) is 17.9. The van der Waals surface area contributed by atoms with Crippen LogP contribution in [0.25, 0.3) is 0 Å². The van der Waals surface area contributed by atoms with Crippen LogP contribution in [0, 0.1) is 5.92 Å². The molecule has 0 spiro atoms. The van der Waals surface area contributed by atoms with E-state index in [4.69, 9.17) is 0 Å². The highest BCUT2D eigenvalue weighted by Gasteiger charge is 2.23. The summed E-state index contributed by atoms with van der Waals surface area (Å²) in [6.45, 7) is 4.29. The monoisotopic (exact) mass is 300 g/mol. The summed E-state index contributed by atoms with van der Waals surface area (Å²) < 4.78 is 0. The normalized spacial score (nSPS) is 18.9. The van der Waals surface area contributed by atoms with Crippen molar-refractivity contribution >= 4 is 17.2 Å². The second-order valence-electron chi connectivity index (χ2n) is 5.87. The van der Waals surface area contributed by atoms with Crippen LogP contribution < -0.4 is 5.32 Å². The quantitative estimate of drug-likeness (QED) is 0.938. The number of aromatic nitrogens is 1. The van der Waals surface area contributed by atoms with Gasteiger partial charge in [0.05, 0.1) is 11.6 Å². The molecular formula is C17H20N2OS. The minimum absolute atomic E-state index is 0.00133. The highest BCUT2D eigenvalue weighted by molar-refractivity contribution is 7.10. The topological polar surface area (TPSA) is 42.0 Å². The van der Waals surface area contributed by atoms with Crippen LogP contribution in [0.5, 0.6) is 0 Å². The Kier molecular flexibility index (Phi) is 4.06. The van der Waals surface area contributed by atoms with Gasteiger partial charge in [-0.15, -0.1) is 11.3 Å². The van der Waals surface area contributed by atoms with E-state index in [0.717, 1.165) is 29.9 Å². The molecule has 0 fully saturated rings. The summed E-state index contributed by atoms with van der Waals surface area (Å²) in [5, 5.41) is 5.12. The van der Waals surface area contributed by atoms with Crippen molar-refractivity contribution in [2.75, 3.05) is 0 Å². The van der Waals surface area contributed by atoms with Crippen molar-refractivity contribution in [3.63, 3.8) is 0 Å². The van der Waals surface area contributed by atoms with E-state index in [2.05, 4.69) is 17.2 Å². The first-order valence-electron chi connectivity index (χ1n) is 7.45. The van der Waals surface area contributed by atoms with Crippen LogP contribution in [0.15, 0.2) is 29.9 Å². The van der Waals surface area contributed by atoms with Crippen molar-refractivity contribution in [2.24, 2.45) is 5.92 Å². The lowest BCUT2D eigenvalue weighted by Crippen LogP contribution is -2.27. The molecule has 0 saturated heterocycles. The molecule has 0 aliphatic heterocycles. The number of carbonyl (C=O) groups is 1. The second kappa shape index (κ2) is 5.98. The Balaban J connectivity index is 1.75. The van der Waals surface area contributed by atoms with E-state index in [9.17, 15) is 4.79 Å². The third kappa shape index (κ3) is 3.00. The predicted molar refractivity (Wildman–Crippen MR) is 85.6 cm³/mol. The van der Waals surface area contributed by atoms with Gasteiger partial charge in [-0.2, -0.15) is 0 Å². The molecule has 4 heteroatoms. The van der Waals surface area contributed by atoms with Gasteiger partial charge in [0.25, 0.3) is 5.91 Å². The maximum atomic E-state index is 12.5. The number of pyridine rings is 1. The third-order valence-electron chi connectivity index (χ3n) is 4.20. The first-order valence-corrected chi connectivity index (χ1v) is 8.33. The van der Waals surface area contributed by atoms with E-state index in [1.807, 2.05) is 24.4 Å². The van der Waals surface area contributed by atoms with E-state index in [0.29, 0.717) is 0 Å². The number of carbonyl (C=O) groups excluding carboxylic acids is 1. The summed E-state index contributed by atoms with van der Waals surface area (Å²) in [7, 11) is 0. The van der Waals surface area contributed by atoms with Gasteiger partial charge in [0.15, 0.2) is 0 Å². The second-order valence-corrected chi connectivity index (χ2v) is 6.84. The van der Waals surface area contributed by atoms with Crippen LogP contribution in [0.3, 0.4) is 0 Å². The Morgan fingerprint density at radius 1 is 1.43 bits per heavy atom. The van der Waals surface area contributed by atoms with Crippen LogP contribution in [0.2, 0.25) is 0 Å². The van der Waals surface area contributed by atoms with Crippen molar-refractivity contribution in [3.05, 3.63) is 51.5 Å². The average Bonchev–Trinajstić information content (AvgIpc) is 2.91. The summed E-state index contributed by atoms with van der Waals surface area (Å²) in [6.07, 6.45) is 6.85. The zero-order chi connectivity index (χ0) is 14.8. The molecule has 1 amide bonds. The number of rotatable bonds is 3. The largest absolute Gasteiger partial charge is 0.345 e. The standard InChI is InChI=1S/C17H20N2OS/c1-11-3-4-14-15(10-21-16(14)9-11)17(20)19-12(2)13-5-7-18-8-6-13/h5-8,10-12H,3-4,9H2,1-2H3,(H,19,20)/t11-,12+/m1/s1. The molecule has 1 aliphatic carbocycles. The molecule has 3 rings (SSSR count). The molecule has 2 heterocycles. The van der Waals surface area contributed by atoms with Gasteiger partial charge in [0.2, 0.25) is 0 Å². The van der Waals surface area contributed by atoms with Crippen LogP contribution in [-0.4, -0.2) is 10.9 Å². The Morgan fingerprint density at radius 3 is 2.95 bits per heavy atom. The Labute approximate surface area is 129 Å². The molecule has 0 saturated carbocycles. The minimum Gasteiger partial charge on any atom is -0.345 e. The van der Waals surface area contributed by atoms with E-state index >= 15 is 0 Å². The van der Waals surface area contributed by atoms with Crippen LogP contribution in [0.4, 0.5) is 0 Å². The molecule has 0 aromatic carbocycles. The van der Waals surface area contributed by atoms with Gasteiger partial charge in [-0.3, -0.25) is 9.78 Å². The van der Waals surface area contributed by atoms with Crippen LogP contribution in [-0.2, 0) is 12.8 Å². The fourth-order valence-electron chi connectivity index (χ4n) is 2.88. The van der Waals surface area contributed by atoms with E-state index in [-0.39, 0.29) is 11.9 Å². The predicted octanol–water partition coefficient (Wildman–Crippen LogP) is 3.76. The zero-order valence-electron chi connectivity index (χ0n) is 12.4. The molecule has 1 aliphatic rings. The Bertz CT molecular complexity index is 635. The van der Waals surface area contributed by atoms with Crippen LogP contribution >= 0.6 is 11.3 Å². The Hall–Kier alpha value is -1.68. The van der Waals surface area contributed by atoms with Gasteiger partial charge in [-0.05, 0) is 55.4 Å². The third-order valence-corrected chi connectivity index (χ3v) is 5.25. The van der Waals surface area contributed by atoms with E-state index < -0.39 is 0 Å². The molecule has 1 N–H and O–H groups in total. The van der Waals surface area contributed by atoms with Gasteiger partial charge in [-0.1, -0.05) is 6.92 Å². The molecule has 3 nitrogen and oxygen atoms in total. The van der Waals surface area contributed by atoms with Gasteiger partial charge in [0.1, 0.15) is 0 Å². The molecule has 0 bridgehead atoms. The number of hydrogen-bond donors (Lipinski definition) is 1. The number of amides is 1. The molecule has 0 radical (unpaired) electrons. The Morgan fingerprint density at radius 2 is 2.19 bits per heavy atom. The molecule has 110 valence electrons. The molecule has 0 unspecified atom stereocenters. The SMILES string of the molecule is C[C@@H]1CCc2c(C(=O)N[C@@H](C)c3ccncc3)csc2C1. The first kappa shape index (κ1) is 14.3. The van der Waals surface area contributed by atoms with Gasteiger partial charge >= 0.3 is 0 Å². The molecular weight excluding hydrogens is 280 g/mol. The molecule has 2 aromatic rings. The van der Waals surface area contributed by atoms with Gasteiger partial charge in [-0.25, -0.2) is 0 Å². The highest BCUT2D eigenvalue weighted by Crippen LogP contribution is 2.33. The van der Waals surface area contributed by atoms with E-state index in [1.165, 1.54) is 16.9 Å². The summed E-state index contributed by atoms with van der Waals surface area (Å²) in [6, 6.07) is 3.88. The number of thiophene rings is 1. The molecule has 21 heavy (non-hydrogen) atoms. The zero-order valence-corrected chi connectivity index (χ0v) is 13.2. The van der Waals surface area contributed by atoms with Crippen molar-refractivity contribution in [1.82, 2.24) is 10.3 Å². The fourth-order valence-corrected chi connectivity index (χ4v) is 4.12. The van der Waals surface area contributed by atoms with Crippen LogP contribution in [0.1, 0.15) is 52.7 Å². The molecule has 2 aromatic heterocycles. The number of fused-ring (bicyclic) bond motifs is 1. The number of hydrogen-bond acceptors (Lipinski definition) is 3. The van der Waals surface area contributed by atoms with E-state index in [1.54, 1.807) is 23.7 Å². The lowest BCUT2D eigenvalue weighted by Gasteiger charge is -2.19. The smallest absolute Gasteiger partial charge is 0.252 e. The summed E-state index contributed by atoms with van der Waals surface area (Å²) in [5.41, 5.74) is 3.23. The summed E-state index contributed by atoms with van der Waals surface area (Å²) in [5.74, 6) is 0.786. The maximum Gasteiger partial charge on any atom is 0.252 e. The molecule has 2 atom stereocenters. The first-order chi connectivity index (χ1) is 10.1. The number of nitrogens with zero attached hydrogens (tertiary/aromatic N) is 1. The van der Waals surface area contributed by atoms with Crippen molar-refractivity contribution in [2.45, 2.75) is 39.2 Å². The maximum absolute atomic E-state index is 12.5. The van der Waals surface area contributed by atoms with Gasteiger partial charge in [0, 0.05) is 22.7 Å². The van der Waals surface area contributed by atoms with Crippen molar-refractivity contribution < 1.29 is 4.79 Å². The average molecular weight is 300 g/mol. The van der Waals surface area contributed by atoms with Crippen molar-refractivity contribution in [3.8, 4) is 0 Å². The lowest BCUT2D eigenvalue weighted by molar-refractivity contribution is 0.0939. The minimum atomic E-state index is -0.00133. The fraction of sp³-hybridized carbons (Fsp3) is 0.412. The van der Waals surface area contributed by atoms with Gasteiger partial charge < -0.3 is 5.32 Å².